The summed E-state index contributed by atoms with van der Waals surface area (Å²) in [5.41, 5.74) is 7.88. The Morgan fingerprint density at radius 1 is 0.963 bits per heavy atom. The van der Waals surface area contributed by atoms with Crippen molar-refractivity contribution in [1.29, 1.82) is 0 Å². The van der Waals surface area contributed by atoms with Crippen LogP contribution in [0.3, 0.4) is 0 Å². The number of hydrogen-bond acceptors (Lipinski definition) is 4. The number of benzene rings is 2. The van der Waals surface area contributed by atoms with Crippen LogP contribution in [-0.4, -0.2) is 54.4 Å². The summed E-state index contributed by atoms with van der Waals surface area (Å²) in [5.74, 6) is 0.623. The second-order valence-electron chi connectivity index (χ2n) is 6.52. The fraction of sp³-hybridized carbons (Fsp3) is 0.333. The Labute approximate surface area is 159 Å². The van der Waals surface area contributed by atoms with Crippen LogP contribution in [0.5, 0.6) is 5.75 Å². The third-order valence-corrected chi connectivity index (χ3v) is 4.67. The lowest BCUT2D eigenvalue weighted by molar-refractivity contribution is -0.131. The van der Waals surface area contributed by atoms with Crippen LogP contribution in [0, 0.1) is 0 Å². The van der Waals surface area contributed by atoms with E-state index in [2.05, 4.69) is 0 Å². The Morgan fingerprint density at radius 2 is 1.59 bits per heavy atom. The third-order valence-electron chi connectivity index (χ3n) is 4.67. The highest BCUT2D eigenvalue weighted by Crippen LogP contribution is 2.21. The van der Waals surface area contributed by atoms with Crippen molar-refractivity contribution in [3.63, 3.8) is 0 Å². The van der Waals surface area contributed by atoms with Crippen LogP contribution in [-0.2, 0) is 11.2 Å². The molecule has 1 aliphatic rings. The molecule has 6 nitrogen and oxygen atoms in total. The number of piperazine rings is 1. The van der Waals surface area contributed by atoms with Gasteiger partial charge in [0.25, 0.3) is 5.91 Å². The first-order valence-corrected chi connectivity index (χ1v) is 9.21. The molecule has 1 aliphatic heterocycles. The molecule has 0 radical (unpaired) electrons. The van der Waals surface area contributed by atoms with E-state index >= 15 is 0 Å². The van der Waals surface area contributed by atoms with E-state index in [1.165, 1.54) is 0 Å². The van der Waals surface area contributed by atoms with Crippen LogP contribution >= 0.6 is 0 Å². The normalized spacial score (nSPS) is 14.1. The first kappa shape index (κ1) is 18.8. The maximum Gasteiger partial charge on any atom is 0.257 e. The number of anilines is 1. The minimum atomic E-state index is -0.0512. The average Bonchev–Trinajstić information content (AvgIpc) is 2.70. The highest BCUT2D eigenvalue weighted by molar-refractivity contribution is 5.97. The van der Waals surface area contributed by atoms with Crippen molar-refractivity contribution in [2.45, 2.75) is 13.3 Å². The lowest BCUT2D eigenvalue weighted by atomic mass is 10.1. The van der Waals surface area contributed by atoms with E-state index < -0.39 is 0 Å². The molecule has 142 valence electrons. The van der Waals surface area contributed by atoms with Crippen molar-refractivity contribution in [3.05, 3.63) is 59.7 Å². The molecule has 0 unspecified atom stereocenters. The molecule has 3 rings (SSSR count). The first-order valence-electron chi connectivity index (χ1n) is 9.21. The molecular weight excluding hydrogens is 342 g/mol. The summed E-state index contributed by atoms with van der Waals surface area (Å²) >= 11 is 0. The van der Waals surface area contributed by atoms with Gasteiger partial charge in [-0.1, -0.05) is 24.3 Å². The van der Waals surface area contributed by atoms with Gasteiger partial charge in [-0.05, 0) is 36.8 Å². The minimum absolute atomic E-state index is 0.0512. The van der Waals surface area contributed by atoms with E-state index in [1.54, 1.807) is 23.1 Å². The highest BCUT2D eigenvalue weighted by atomic mass is 16.5. The van der Waals surface area contributed by atoms with Gasteiger partial charge < -0.3 is 20.3 Å². The monoisotopic (exact) mass is 367 g/mol. The second-order valence-corrected chi connectivity index (χ2v) is 6.52. The van der Waals surface area contributed by atoms with Crippen molar-refractivity contribution >= 4 is 17.5 Å². The maximum atomic E-state index is 12.8. The molecule has 0 aromatic heterocycles. The average molecular weight is 367 g/mol. The molecule has 0 spiro atoms. The van der Waals surface area contributed by atoms with Gasteiger partial charge in [0, 0.05) is 31.9 Å². The lowest BCUT2D eigenvalue weighted by Gasteiger charge is -2.35. The number of para-hydroxylation sites is 1. The molecule has 0 aliphatic carbocycles. The Morgan fingerprint density at radius 3 is 2.26 bits per heavy atom. The standard InChI is InChI=1S/C21H25N3O3/c1-2-27-19-6-4-3-5-18(19)21(26)24-13-11-23(12-14-24)20(25)15-16-7-9-17(22)10-8-16/h3-10H,2,11-15,22H2,1H3. The molecule has 2 N–H and O–H groups in total. The molecule has 2 aromatic rings. The van der Waals surface area contributed by atoms with Gasteiger partial charge in [0.1, 0.15) is 5.75 Å². The molecule has 2 amide bonds. The number of hydrogen-bond donors (Lipinski definition) is 1. The molecule has 0 atom stereocenters. The molecule has 1 heterocycles. The number of amides is 2. The van der Waals surface area contributed by atoms with E-state index in [1.807, 2.05) is 42.2 Å². The molecule has 2 aromatic carbocycles. The van der Waals surface area contributed by atoms with E-state index in [9.17, 15) is 9.59 Å². The van der Waals surface area contributed by atoms with Crippen molar-refractivity contribution < 1.29 is 14.3 Å². The summed E-state index contributed by atoms with van der Waals surface area (Å²) in [7, 11) is 0. The van der Waals surface area contributed by atoms with Crippen molar-refractivity contribution in [1.82, 2.24) is 9.80 Å². The number of rotatable bonds is 5. The Kier molecular flexibility index (Phi) is 5.96. The van der Waals surface area contributed by atoms with E-state index in [0.717, 1.165) is 5.56 Å². The number of carbonyl (C=O) groups is 2. The van der Waals surface area contributed by atoms with Gasteiger partial charge >= 0.3 is 0 Å². The summed E-state index contributed by atoms with van der Waals surface area (Å²) in [6, 6.07) is 14.6. The molecule has 6 heteroatoms. The van der Waals surface area contributed by atoms with Gasteiger partial charge in [-0.3, -0.25) is 9.59 Å². The number of ether oxygens (including phenoxy) is 1. The molecule has 0 saturated carbocycles. The van der Waals surface area contributed by atoms with Gasteiger partial charge in [-0.25, -0.2) is 0 Å². The van der Waals surface area contributed by atoms with Gasteiger partial charge in [0.2, 0.25) is 5.91 Å². The van der Waals surface area contributed by atoms with Crippen molar-refractivity contribution in [2.24, 2.45) is 0 Å². The molecule has 27 heavy (non-hydrogen) atoms. The van der Waals surface area contributed by atoms with Gasteiger partial charge in [0.05, 0.1) is 18.6 Å². The zero-order chi connectivity index (χ0) is 19.2. The predicted octanol–water partition coefficient (Wildman–Crippen LogP) is 2.19. The van der Waals surface area contributed by atoms with Gasteiger partial charge in [-0.2, -0.15) is 0 Å². The third kappa shape index (κ3) is 4.58. The summed E-state index contributed by atoms with van der Waals surface area (Å²) in [6.45, 7) is 4.52. The van der Waals surface area contributed by atoms with Crippen molar-refractivity contribution in [2.75, 3.05) is 38.5 Å². The first-order chi connectivity index (χ1) is 13.1. The summed E-state index contributed by atoms with van der Waals surface area (Å²) in [4.78, 5) is 28.9. The Hall–Kier alpha value is -3.02. The smallest absolute Gasteiger partial charge is 0.257 e. The fourth-order valence-corrected chi connectivity index (χ4v) is 3.18. The topological polar surface area (TPSA) is 75.9 Å². The van der Waals surface area contributed by atoms with Gasteiger partial charge in [0.15, 0.2) is 0 Å². The van der Waals surface area contributed by atoms with E-state index in [0.29, 0.717) is 56.2 Å². The minimum Gasteiger partial charge on any atom is -0.493 e. The van der Waals surface area contributed by atoms with E-state index in [4.69, 9.17) is 10.5 Å². The molecular formula is C21H25N3O3. The van der Waals surface area contributed by atoms with Crippen LogP contribution in [0.15, 0.2) is 48.5 Å². The number of nitrogens with two attached hydrogens (primary N) is 1. The lowest BCUT2D eigenvalue weighted by Crippen LogP contribution is -2.51. The van der Waals surface area contributed by atoms with Crippen LogP contribution in [0.25, 0.3) is 0 Å². The quantitative estimate of drug-likeness (QED) is 0.822. The predicted molar refractivity (Wildman–Crippen MR) is 105 cm³/mol. The Bertz CT molecular complexity index is 797. The molecule has 0 bridgehead atoms. The van der Waals surface area contributed by atoms with Crippen molar-refractivity contribution in [3.8, 4) is 5.75 Å². The van der Waals surface area contributed by atoms with Crippen LogP contribution in [0.4, 0.5) is 5.69 Å². The Balaban J connectivity index is 1.57. The summed E-state index contributed by atoms with van der Waals surface area (Å²) in [5, 5.41) is 0. The highest BCUT2D eigenvalue weighted by Gasteiger charge is 2.26. The second kappa shape index (κ2) is 8.58. The SMILES string of the molecule is CCOc1ccccc1C(=O)N1CCN(C(=O)Cc2ccc(N)cc2)CC1. The van der Waals surface area contributed by atoms with Crippen LogP contribution in [0.2, 0.25) is 0 Å². The fourth-order valence-electron chi connectivity index (χ4n) is 3.18. The summed E-state index contributed by atoms with van der Waals surface area (Å²) < 4.78 is 5.56. The zero-order valence-corrected chi connectivity index (χ0v) is 15.6. The molecule has 1 fully saturated rings. The van der Waals surface area contributed by atoms with E-state index in [-0.39, 0.29) is 11.8 Å². The summed E-state index contributed by atoms with van der Waals surface area (Å²) in [6.07, 6.45) is 0.349. The largest absolute Gasteiger partial charge is 0.493 e. The zero-order valence-electron chi connectivity index (χ0n) is 15.6. The number of nitrogen functional groups attached to an aromatic ring is 1. The maximum absolute atomic E-state index is 12.8. The number of carbonyl (C=O) groups excluding carboxylic acids is 2. The van der Waals surface area contributed by atoms with Gasteiger partial charge in [-0.15, -0.1) is 0 Å². The molecule has 1 saturated heterocycles. The van der Waals surface area contributed by atoms with Crippen LogP contribution in [0.1, 0.15) is 22.8 Å². The van der Waals surface area contributed by atoms with Crippen LogP contribution < -0.4 is 10.5 Å². The number of nitrogens with zero attached hydrogens (tertiary/aromatic N) is 2.